The van der Waals surface area contributed by atoms with Gasteiger partial charge in [0.2, 0.25) is 5.89 Å². The van der Waals surface area contributed by atoms with Crippen LogP contribution in [0.4, 0.5) is 4.79 Å². The fraction of sp³-hybridized carbons (Fsp3) is 0.800. The monoisotopic (exact) mass is 310 g/mol. The second-order valence-electron chi connectivity index (χ2n) is 6.02. The Morgan fingerprint density at radius 3 is 2.73 bits per heavy atom. The summed E-state index contributed by atoms with van der Waals surface area (Å²) in [5.74, 6) is 1.07. The van der Waals surface area contributed by atoms with Crippen LogP contribution >= 0.6 is 0 Å². The number of carbonyl (C=O) groups is 1. The molecule has 0 saturated carbocycles. The van der Waals surface area contributed by atoms with Gasteiger partial charge in [-0.15, -0.1) is 0 Å². The van der Waals surface area contributed by atoms with Crippen LogP contribution in [-0.4, -0.2) is 58.8 Å². The van der Waals surface area contributed by atoms with Crippen LogP contribution in [0.5, 0.6) is 0 Å². The molecule has 0 radical (unpaired) electrons. The lowest BCUT2D eigenvalue weighted by Crippen LogP contribution is -2.52. The highest BCUT2D eigenvalue weighted by atomic mass is 16.5. The van der Waals surface area contributed by atoms with Crippen LogP contribution in [0.15, 0.2) is 4.52 Å². The Morgan fingerprint density at radius 2 is 2.09 bits per heavy atom. The highest BCUT2D eigenvalue weighted by Gasteiger charge is 2.31. The molecule has 7 heteroatoms. The van der Waals surface area contributed by atoms with Gasteiger partial charge in [0.15, 0.2) is 5.82 Å². The molecule has 124 valence electrons. The molecular formula is C15H26N4O3. The summed E-state index contributed by atoms with van der Waals surface area (Å²) in [5.41, 5.74) is 0. The summed E-state index contributed by atoms with van der Waals surface area (Å²) < 4.78 is 10.2. The summed E-state index contributed by atoms with van der Waals surface area (Å²) in [6.07, 6.45) is 3.91. The summed E-state index contributed by atoms with van der Waals surface area (Å²) >= 11 is 0. The van der Waals surface area contributed by atoms with E-state index in [4.69, 9.17) is 9.26 Å². The molecule has 0 N–H and O–H groups in total. The maximum Gasteiger partial charge on any atom is 0.320 e. The first-order valence-electron chi connectivity index (χ1n) is 7.86. The van der Waals surface area contributed by atoms with Crippen molar-refractivity contribution < 1.29 is 14.1 Å². The zero-order valence-electron chi connectivity index (χ0n) is 13.9. The molecule has 1 fully saturated rings. The van der Waals surface area contributed by atoms with E-state index in [-0.39, 0.29) is 18.1 Å². The Kier molecular flexibility index (Phi) is 5.76. The van der Waals surface area contributed by atoms with Crippen molar-refractivity contribution in [3.8, 4) is 0 Å². The zero-order valence-corrected chi connectivity index (χ0v) is 13.9. The van der Waals surface area contributed by atoms with Gasteiger partial charge in [-0.25, -0.2) is 4.79 Å². The van der Waals surface area contributed by atoms with Crippen molar-refractivity contribution in [3.63, 3.8) is 0 Å². The number of nitrogens with zero attached hydrogens (tertiary/aromatic N) is 4. The third-order valence-electron chi connectivity index (χ3n) is 4.15. The summed E-state index contributed by atoms with van der Waals surface area (Å²) in [4.78, 5) is 20.5. The minimum atomic E-state index is 0.0244. The van der Waals surface area contributed by atoms with Crippen LogP contribution in [0.3, 0.4) is 0 Å². The van der Waals surface area contributed by atoms with Crippen molar-refractivity contribution in [2.45, 2.75) is 58.2 Å². The first-order valence-corrected chi connectivity index (χ1v) is 7.86. The van der Waals surface area contributed by atoms with Gasteiger partial charge >= 0.3 is 6.03 Å². The number of aromatic nitrogens is 2. The fourth-order valence-electron chi connectivity index (χ4n) is 2.92. The van der Waals surface area contributed by atoms with Gasteiger partial charge in [0.25, 0.3) is 0 Å². The molecule has 7 nitrogen and oxygen atoms in total. The van der Waals surface area contributed by atoms with E-state index in [0.717, 1.165) is 12.8 Å². The molecule has 1 aromatic rings. The lowest BCUT2D eigenvalue weighted by Gasteiger charge is -2.40. The van der Waals surface area contributed by atoms with Gasteiger partial charge in [-0.1, -0.05) is 5.16 Å². The SMILES string of the molecule is COCCc1noc(CN(C)C(=O)N2[C@H](C)CCC[C@H]2C)n1. The predicted molar refractivity (Wildman–Crippen MR) is 81.4 cm³/mol. The first-order chi connectivity index (χ1) is 10.5. The number of piperidine rings is 1. The molecule has 2 heterocycles. The van der Waals surface area contributed by atoms with Crippen LogP contribution in [-0.2, 0) is 17.7 Å². The number of ether oxygens (including phenoxy) is 1. The van der Waals surface area contributed by atoms with Crippen molar-refractivity contribution in [1.29, 1.82) is 0 Å². The number of hydrogen-bond acceptors (Lipinski definition) is 5. The lowest BCUT2D eigenvalue weighted by molar-refractivity contribution is 0.0942. The molecule has 1 aliphatic rings. The van der Waals surface area contributed by atoms with Crippen LogP contribution in [0.1, 0.15) is 44.8 Å². The maximum absolute atomic E-state index is 12.6. The molecule has 22 heavy (non-hydrogen) atoms. The topological polar surface area (TPSA) is 71.7 Å². The average Bonchev–Trinajstić information content (AvgIpc) is 2.92. The molecule has 2 rings (SSSR count). The van der Waals surface area contributed by atoms with E-state index < -0.39 is 0 Å². The largest absolute Gasteiger partial charge is 0.384 e. The Bertz CT molecular complexity index is 481. The molecule has 2 atom stereocenters. The number of carbonyl (C=O) groups excluding carboxylic acids is 1. The molecule has 2 amide bonds. The number of methoxy groups -OCH3 is 1. The number of urea groups is 1. The standard InChI is InChI=1S/C15H26N4O3/c1-11-6-5-7-12(2)19(11)15(20)18(3)10-14-16-13(17-22-14)8-9-21-4/h11-12H,5-10H2,1-4H3/t11-,12-/m1/s1. The van der Waals surface area contributed by atoms with Crippen molar-refractivity contribution in [1.82, 2.24) is 19.9 Å². The Morgan fingerprint density at radius 1 is 1.41 bits per heavy atom. The number of likely N-dealkylation sites (tertiary alicyclic amines) is 1. The highest BCUT2D eigenvalue weighted by Crippen LogP contribution is 2.23. The smallest absolute Gasteiger partial charge is 0.320 e. The van der Waals surface area contributed by atoms with E-state index in [1.54, 1.807) is 19.1 Å². The minimum Gasteiger partial charge on any atom is -0.384 e. The lowest BCUT2D eigenvalue weighted by atomic mass is 9.98. The summed E-state index contributed by atoms with van der Waals surface area (Å²) in [6, 6.07) is 0.577. The second-order valence-corrected chi connectivity index (χ2v) is 6.02. The van der Waals surface area contributed by atoms with Crippen molar-refractivity contribution in [2.75, 3.05) is 20.8 Å². The van der Waals surface area contributed by atoms with E-state index in [1.165, 1.54) is 6.42 Å². The maximum atomic E-state index is 12.6. The van der Waals surface area contributed by atoms with Gasteiger partial charge in [0.05, 0.1) is 6.61 Å². The molecule has 0 aromatic carbocycles. The molecule has 0 unspecified atom stereocenters. The van der Waals surface area contributed by atoms with E-state index in [1.807, 2.05) is 4.90 Å². The summed E-state index contributed by atoms with van der Waals surface area (Å²) in [7, 11) is 3.41. The van der Waals surface area contributed by atoms with Crippen molar-refractivity contribution in [3.05, 3.63) is 11.7 Å². The van der Waals surface area contributed by atoms with Crippen LogP contribution in [0.2, 0.25) is 0 Å². The Labute approximate surface area is 131 Å². The molecular weight excluding hydrogens is 284 g/mol. The average molecular weight is 310 g/mol. The first kappa shape index (κ1) is 16.7. The summed E-state index contributed by atoms with van der Waals surface area (Å²) in [5, 5.41) is 3.89. The van der Waals surface area contributed by atoms with E-state index >= 15 is 0 Å². The number of hydrogen-bond donors (Lipinski definition) is 0. The van der Waals surface area contributed by atoms with E-state index in [2.05, 4.69) is 24.0 Å². The third-order valence-corrected chi connectivity index (χ3v) is 4.15. The molecule has 0 spiro atoms. The number of rotatable bonds is 5. The normalized spacial score (nSPS) is 21.9. The predicted octanol–water partition coefficient (Wildman–Crippen LogP) is 2.07. The quantitative estimate of drug-likeness (QED) is 0.832. The van der Waals surface area contributed by atoms with Crippen LogP contribution < -0.4 is 0 Å². The molecule has 1 saturated heterocycles. The molecule has 0 aliphatic carbocycles. The van der Waals surface area contributed by atoms with Crippen molar-refractivity contribution in [2.24, 2.45) is 0 Å². The Hall–Kier alpha value is -1.63. The van der Waals surface area contributed by atoms with E-state index in [0.29, 0.717) is 31.3 Å². The van der Waals surface area contributed by atoms with Crippen LogP contribution in [0, 0.1) is 0 Å². The minimum absolute atomic E-state index is 0.0244. The fourth-order valence-corrected chi connectivity index (χ4v) is 2.92. The zero-order chi connectivity index (χ0) is 16.1. The van der Waals surface area contributed by atoms with Crippen LogP contribution in [0.25, 0.3) is 0 Å². The van der Waals surface area contributed by atoms with Gasteiger partial charge < -0.3 is 19.1 Å². The van der Waals surface area contributed by atoms with Crippen molar-refractivity contribution >= 4 is 6.03 Å². The summed E-state index contributed by atoms with van der Waals surface area (Å²) in [6.45, 7) is 5.10. The van der Waals surface area contributed by atoms with Gasteiger partial charge in [-0.3, -0.25) is 0 Å². The van der Waals surface area contributed by atoms with Gasteiger partial charge in [-0.2, -0.15) is 4.98 Å². The second kappa shape index (κ2) is 7.58. The van der Waals surface area contributed by atoms with E-state index in [9.17, 15) is 4.79 Å². The van der Waals surface area contributed by atoms with Gasteiger partial charge in [-0.05, 0) is 33.1 Å². The number of amides is 2. The molecule has 0 bridgehead atoms. The Balaban J connectivity index is 1.94. The molecule has 1 aromatic heterocycles. The molecule has 1 aliphatic heterocycles. The van der Waals surface area contributed by atoms with Gasteiger partial charge in [0.1, 0.15) is 6.54 Å². The third kappa shape index (κ3) is 3.97. The van der Waals surface area contributed by atoms with Gasteiger partial charge in [0, 0.05) is 32.7 Å². The highest BCUT2D eigenvalue weighted by molar-refractivity contribution is 5.74.